The first-order valence-corrected chi connectivity index (χ1v) is 6.72. The van der Waals surface area contributed by atoms with Crippen LogP contribution in [-0.4, -0.2) is 10.9 Å². The molecule has 5 heteroatoms. The number of para-hydroxylation sites is 1. The van der Waals surface area contributed by atoms with Crippen LogP contribution in [0, 0.1) is 17.1 Å². The second-order valence-electron chi connectivity index (χ2n) is 4.89. The molecule has 108 valence electrons. The number of nitriles is 1. The minimum absolute atomic E-state index is 0.125. The molecule has 3 aromatic rings. The second-order valence-corrected chi connectivity index (χ2v) is 4.89. The number of hydrogen-bond acceptors (Lipinski definition) is 2. The van der Waals surface area contributed by atoms with E-state index in [-0.39, 0.29) is 18.1 Å². The Morgan fingerprint density at radius 1 is 1.27 bits per heavy atom. The van der Waals surface area contributed by atoms with Crippen molar-refractivity contribution in [1.29, 1.82) is 5.26 Å². The summed E-state index contributed by atoms with van der Waals surface area (Å²) in [7, 11) is 0. The molecule has 1 amide bonds. The zero-order valence-corrected chi connectivity index (χ0v) is 11.6. The van der Waals surface area contributed by atoms with E-state index >= 15 is 0 Å². The Labute approximate surface area is 126 Å². The number of hydrogen-bond donors (Lipinski definition) is 2. The highest BCUT2D eigenvalue weighted by Gasteiger charge is 2.11. The minimum Gasteiger partial charge on any atom is -0.359 e. The van der Waals surface area contributed by atoms with Gasteiger partial charge in [-0.05, 0) is 29.8 Å². The van der Waals surface area contributed by atoms with Gasteiger partial charge in [0, 0.05) is 17.3 Å². The minimum atomic E-state index is -0.342. The van der Waals surface area contributed by atoms with Gasteiger partial charge < -0.3 is 10.3 Å². The molecule has 0 radical (unpaired) electrons. The fourth-order valence-corrected chi connectivity index (χ4v) is 2.37. The lowest BCUT2D eigenvalue weighted by molar-refractivity contribution is -0.115. The smallest absolute Gasteiger partial charge is 0.228 e. The van der Waals surface area contributed by atoms with Crippen molar-refractivity contribution < 1.29 is 9.18 Å². The molecule has 0 fully saturated rings. The van der Waals surface area contributed by atoms with E-state index < -0.39 is 0 Å². The highest BCUT2D eigenvalue weighted by molar-refractivity contribution is 5.95. The molecule has 2 aromatic carbocycles. The molecule has 1 aromatic heterocycles. The van der Waals surface area contributed by atoms with Crippen LogP contribution in [0.25, 0.3) is 10.9 Å². The molecule has 0 aliphatic heterocycles. The van der Waals surface area contributed by atoms with E-state index in [1.165, 1.54) is 6.07 Å². The quantitative estimate of drug-likeness (QED) is 0.777. The van der Waals surface area contributed by atoms with E-state index in [2.05, 4.69) is 10.3 Å². The van der Waals surface area contributed by atoms with Crippen LogP contribution >= 0.6 is 0 Å². The summed E-state index contributed by atoms with van der Waals surface area (Å²) in [6, 6.07) is 13.5. The summed E-state index contributed by atoms with van der Waals surface area (Å²) < 4.78 is 13.6. The number of amides is 1. The van der Waals surface area contributed by atoms with Gasteiger partial charge in [0.1, 0.15) is 5.82 Å². The summed E-state index contributed by atoms with van der Waals surface area (Å²) in [5.74, 6) is -0.564. The Morgan fingerprint density at radius 3 is 2.91 bits per heavy atom. The summed E-state index contributed by atoms with van der Waals surface area (Å²) in [6.45, 7) is 0. The van der Waals surface area contributed by atoms with E-state index in [4.69, 9.17) is 5.26 Å². The third kappa shape index (κ3) is 2.67. The van der Waals surface area contributed by atoms with Gasteiger partial charge in [0.05, 0.1) is 23.6 Å². The van der Waals surface area contributed by atoms with Gasteiger partial charge in [0.25, 0.3) is 0 Å². The molecule has 0 saturated heterocycles. The number of benzene rings is 2. The van der Waals surface area contributed by atoms with E-state index in [9.17, 15) is 9.18 Å². The third-order valence-electron chi connectivity index (χ3n) is 3.38. The largest absolute Gasteiger partial charge is 0.359 e. The molecule has 1 heterocycles. The van der Waals surface area contributed by atoms with Crippen LogP contribution in [0.4, 0.5) is 10.1 Å². The number of halogens is 1. The SMILES string of the molecule is N#Cc1cccc(NC(=O)Cc2c[nH]c3c(F)cccc23)c1. The van der Waals surface area contributed by atoms with Gasteiger partial charge in [0.2, 0.25) is 5.91 Å². The second kappa shape index (κ2) is 5.70. The number of rotatable bonds is 3. The van der Waals surface area contributed by atoms with Gasteiger partial charge in [-0.1, -0.05) is 18.2 Å². The molecule has 0 aliphatic carbocycles. The number of carbonyl (C=O) groups is 1. The van der Waals surface area contributed by atoms with Crippen molar-refractivity contribution in [2.75, 3.05) is 5.32 Å². The Morgan fingerprint density at radius 2 is 2.09 bits per heavy atom. The topological polar surface area (TPSA) is 68.7 Å². The van der Waals surface area contributed by atoms with Gasteiger partial charge in [-0.3, -0.25) is 4.79 Å². The zero-order chi connectivity index (χ0) is 15.5. The maximum absolute atomic E-state index is 13.6. The first-order valence-electron chi connectivity index (χ1n) is 6.72. The van der Waals surface area contributed by atoms with Crippen LogP contribution in [0.2, 0.25) is 0 Å². The van der Waals surface area contributed by atoms with Gasteiger partial charge in [0.15, 0.2) is 0 Å². The van der Waals surface area contributed by atoms with Gasteiger partial charge in [-0.15, -0.1) is 0 Å². The lowest BCUT2D eigenvalue weighted by atomic mass is 10.1. The van der Waals surface area contributed by atoms with E-state index in [1.54, 1.807) is 42.6 Å². The molecule has 0 bridgehead atoms. The Hall–Kier alpha value is -3.13. The van der Waals surface area contributed by atoms with E-state index in [0.717, 1.165) is 5.56 Å². The molecule has 0 unspecified atom stereocenters. The average Bonchev–Trinajstić information content (AvgIpc) is 2.92. The lowest BCUT2D eigenvalue weighted by Gasteiger charge is -2.05. The summed E-state index contributed by atoms with van der Waals surface area (Å²) in [5, 5.41) is 12.3. The van der Waals surface area contributed by atoms with Crippen molar-refractivity contribution in [2.24, 2.45) is 0 Å². The van der Waals surface area contributed by atoms with Crippen LogP contribution in [0.5, 0.6) is 0 Å². The van der Waals surface area contributed by atoms with E-state index in [1.807, 2.05) is 6.07 Å². The van der Waals surface area contributed by atoms with Crippen LogP contribution in [0.3, 0.4) is 0 Å². The van der Waals surface area contributed by atoms with Crippen molar-refractivity contribution >= 4 is 22.5 Å². The summed E-state index contributed by atoms with van der Waals surface area (Å²) in [5.41, 5.74) is 2.17. The Bertz CT molecular complexity index is 892. The highest BCUT2D eigenvalue weighted by atomic mass is 19.1. The van der Waals surface area contributed by atoms with Crippen molar-refractivity contribution in [3.8, 4) is 6.07 Å². The molecule has 3 rings (SSSR count). The van der Waals surface area contributed by atoms with Gasteiger partial charge >= 0.3 is 0 Å². The van der Waals surface area contributed by atoms with E-state index in [0.29, 0.717) is 22.2 Å². The maximum atomic E-state index is 13.6. The number of aromatic nitrogens is 1. The van der Waals surface area contributed by atoms with Gasteiger partial charge in [-0.2, -0.15) is 5.26 Å². The molecule has 0 spiro atoms. The fourth-order valence-electron chi connectivity index (χ4n) is 2.37. The number of aromatic amines is 1. The summed E-state index contributed by atoms with van der Waals surface area (Å²) in [6.07, 6.45) is 1.76. The van der Waals surface area contributed by atoms with Crippen LogP contribution in [0.1, 0.15) is 11.1 Å². The normalized spacial score (nSPS) is 10.4. The Balaban J connectivity index is 1.79. The molecule has 0 saturated carbocycles. The molecular weight excluding hydrogens is 281 g/mol. The van der Waals surface area contributed by atoms with Crippen LogP contribution in [0.15, 0.2) is 48.7 Å². The molecule has 4 nitrogen and oxygen atoms in total. The monoisotopic (exact) mass is 293 g/mol. The molecule has 2 N–H and O–H groups in total. The zero-order valence-electron chi connectivity index (χ0n) is 11.6. The number of H-pyrrole nitrogens is 1. The number of fused-ring (bicyclic) bond motifs is 1. The summed E-state index contributed by atoms with van der Waals surface area (Å²) >= 11 is 0. The molecule has 22 heavy (non-hydrogen) atoms. The summed E-state index contributed by atoms with van der Waals surface area (Å²) in [4.78, 5) is 15.0. The maximum Gasteiger partial charge on any atom is 0.228 e. The van der Waals surface area contributed by atoms with Crippen molar-refractivity contribution in [2.45, 2.75) is 6.42 Å². The molecular formula is C17H12FN3O. The number of nitrogens with one attached hydrogen (secondary N) is 2. The average molecular weight is 293 g/mol. The van der Waals surface area contributed by atoms with Crippen LogP contribution < -0.4 is 5.32 Å². The lowest BCUT2D eigenvalue weighted by Crippen LogP contribution is -2.14. The highest BCUT2D eigenvalue weighted by Crippen LogP contribution is 2.21. The van der Waals surface area contributed by atoms with Gasteiger partial charge in [-0.25, -0.2) is 4.39 Å². The predicted octanol–water partition coefficient (Wildman–Crippen LogP) is 3.36. The fraction of sp³-hybridized carbons (Fsp3) is 0.0588. The number of carbonyl (C=O) groups excluding carboxylic acids is 1. The standard InChI is InChI=1S/C17H12FN3O/c18-15-6-2-5-14-12(10-20-17(14)15)8-16(22)21-13-4-1-3-11(7-13)9-19/h1-7,10,20H,8H2,(H,21,22). The van der Waals surface area contributed by atoms with Crippen molar-refractivity contribution in [1.82, 2.24) is 4.98 Å². The predicted molar refractivity (Wildman–Crippen MR) is 81.7 cm³/mol. The third-order valence-corrected chi connectivity index (χ3v) is 3.38. The number of nitrogens with zero attached hydrogens (tertiary/aromatic N) is 1. The van der Waals surface area contributed by atoms with Crippen molar-refractivity contribution in [3.05, 3.63) is 65.6 Å². The number of anilines is 1. The molecule has 0 aliphatic rings. The first kappa shape index (κ1) is 13.8. The first-order chi connectivity index (χ1) is 10.7. The van der Waals surface area contributed by atoms with Crippen molar-refractivity contribution in [3.63, 3.8) is 0 Å². The van der Waals surface area contributed by atoms with Crippen LogP contribution in [-0.2, 0) is 11.2 Å². The Kier molecular flexibility index (Phi) is 3.58. The molecule has 0 atom stereocenters.